The van der Waals surface area contributed by atoms with Crippen LogP contribution in [0.3, 0.4) is 0 Å². The quantitative estimate of drug-likeness (QED) is 0.658. The van der Waals surface area contributed by atoms with Crippen molar-refractivity contribution in [1.82, 2.24) is 4.90 Å². The summed E-state index contributed by atoms with van der Waals surface area (Å²) >= 11 is 0. The SMILES string of the molecule is CO[C@H]1CN(C(=O)/C=C/C(=O)O)C[C@@H]1OC. The van der Waals surface area contributed by atoms with E-state index in [1.54, 1.807) is 14.2 Å². The number of nitrogens with zero attached hydrogens (tertiary/aromatic N) is 1. The minimum Gasteiger partial charge on any atom is -0.478 e. The van der Waals surface area contributed by atoms with Gasteiger partial charge in [0, 0.05) is 39.5 Å². The van der Waals surface area contributed by atoms with Crippen molar-refractivity contribution in [1.29, 1.82) is 0 Å². The number of hydrogen-bond acceptors (Lipinski definition) is 4. The maximum absolute atomic E-state index is 11.5. The Labute approximate surface area is 93.4 Å². The molecule has 1 rings (SSSR count). The highest BCUT2D eigenvalue weighted by molar-refractivity contribution is 5.94. The van der Waals surface area contributed by atoms with Gasteiger partial charge >= 0.3 is 5.97 Å². The lowest BCUT2D eigenvalue weighted by Gasteiger charge is -2.13. The number of hydrogen-bond donors (Lipinski definition) is 1. The number of rotatable bonds is 4. The zero-order chi connectivity index (χ0) is 12.1. The first kappa shape index (κ1) is 12.7. The zero-order valence-corrected chi connectivity index (χ0v) is 9.25. The molecule has 0 bridgehead atoms. The molecule has 1 saturated heterocycles. The smallest absolute Gasteiger partial charge is 0.328 e. The van der Waals surface area contributed by atoms with Crippen LogP contribution in [0.25, 0.3) is 0 Å². The first-order chi connectivity index (χ1) is 7.58. The Kier molecular flexibility index (Phi) is 4.45. The zero-order valence-electron chi connectivity index (χ0n) is 9.25. The molecule has 0 saturated carbocycles. The summed E-state index contributed by atoms with van der Waals surface area (Å²) in [7, 11) is 3.11. The van der Waals surface area contributed by atoms with E-state index in [-0.39, 0.29) is 18.1 Å². The largest absolute Gasteiger partial charge is 0.478 e. The molecule has 0 unspecified atom stereocenters. The molecule has 90 valence electrons. The Morgan fingerprint density at radius 1 is 1.19 bits per heavy atom. The maximum Gasteiger partial charge on any atom is 0.328 e. The molecule has 6 nitrogen and oxygen atoms in total. The molecule has 0 aliphatic carbocycles. The number of carbonyl (C=O) groups excluding carboxylic acids is 1. The number of likely N-dealkylation sites (tertiary alicyclic amines) is 1. The van der Waals surface area contributed by atoms with Crippen LogP contribution >= 0.6 is 0 Å². The highest BCUT2D eigenvalue weighted by Gasteiger charge is 2.34. The Morgan fingerprint density at radius 2 is 1.69 bits per heavy atom. The predicted molar refractivity (Wildman–Crippen MR) is 54.9 cm³/mol. The second-order valence-corrected chi connectivity index (χ2v) is 3.46. The Hall–Kier alpha value is -1.40. The summed E-state index contributed by atoms with van der Waals surface area (Å²) in [4.78, 5) is 23.3. The lowest BCUT2D eigenvalue weighted by atomic mass is 10.3. The van der Waals surface area contributed by atoms with Gasteiger partial charge in [-0.3, -0.25) is 4.79 Å². The number of ether oxygens (including phenoxy) is 2. The lowest BCUT2D eigenvalue weighted by molar-refractivity contribution is -0.132. The Bertz CT molecular complexity index is 290. The van der Waals surface area contributed by atoms with Crippen molar-refractivity contribution < 1.29 is 24.2 Å². The van der Waals surface area contributed by atoms with Crippen molar-refractivity contribution in [2.24, 2.45) is 0 Å². The fraction of sp³-hybridized carbons (Fsp3) is 0.600. The van der Waals surface area contributed by atoms with Crippen LogP contribution in [0.2, 0.25) is 0 Å². The van der Waals surface area contributed by atoms with E-state index in [2.05, 4.69) is 0 Å². The molecule has 1 heterocycles. The van der Waals surface area contributed by atoms with Gasteiger partial charge in [-0.2, -0.15) is 0 Å². The number of carboxylic acids is 1. The number of amides is 1. The van der Waals surface area contributed by atoms with Gasteiger partial charge in [-0.15, -0.1) is 0 Å². The molecule has 1 N–H and O–H groups in total. The van der Waals surface area contributed by atoms with Gasteiger partial charge in [0.1, 0.15) is 12.2 Å². The van der Waals surface area contributed by atoms with E-state index in [4.69, 9.17) is 14.6 Å². The van der Waals surface area contributed by atoms with Crippen molar-refractivity contribution >= 4 is 11.9 Å². The van der Waals surface area contributed by atoms with Gasteiger partial charge < -0.3 is 19.5 Å². The average molecular weight is 229 g/mol. The second-order valence-electron chi connectivity index (χ2n) is 3.46. The summed E-state index contributed by atoms with van der Waals surface area (Å²) < 4.78 is 10.3. The van der Waals surface area contributed by atoms with Crippen LogP contribution in [0, 0.1) is 0 Å². The average Bonchev–Trinajstić information content (AvgIpc) is 2.68. The second kappa shape index (κ2) is 5.62. The molecule has 0 spiro atoms. The summed E-state index contributed by atoms with van der Waals surface area (Å²) in [6.45, 7) is 0.829. The van der Waals surface area contributed by atoms with Gasteiger partial charge in [0.15, 0.2) is 0 Å². The fourth-order valence-electron chi connectivity index (χ4n) is 1.62. The summed E-state index contributed by atoms with van der Waals surface area (Å²) in [5.41, 5.74) is 0. The molecule has 0 radical (unpaired) electrons. The van der Waals surface area contributed by atoms with Gasteiger partial charge in [-0.05, 0) is 0 Å². The third-order valence-electron chi connectivity index (χ3n) is 2.50. The number of aliphatic carboxylic acids is 1. The van der Waals surface area contributed by atoms with Gasteiger partial charge in [-0.1, -0.05) is 0 Å². The third-order valence-corrected chi connectivity index (χ3v) is 2.50. The third kappa shape index (κ3) is 3.04. The first-order valence-corrected chi connectivity index (χ1v) is 4.84. The van der Waals surface area contributed by atoms with Crippen molar-refractivity contribution in [2.75, 3.05) is 27.3 Å². The number of methoxy groups -OCH3 is 2. The van der Waals surface area contributed by atoms with Gasteiger partial charge in [0.25, 0.3) is 0 Å². The van der Waals surface area contributed by atoms with Gasteiger partial charge in [0.2, 0.25) is 5.91 Å². The molecule has 1 fully saturated rings. The van der Waals surface area contributed by atoms with E-state index in [1.807, 2.05) is 0 Å². The highest BCUT2D eigenvalue weighted by Crippen LogP contribution is 2.15. The molecular weight excluding hydrogens is 214 g/mol. The monoisotopic (exact) mass is 229 g/mol. The van der Waals surface area contributed by atoms with Crippen molar-refractivity contribution in [3.8, 4) is 0 Å². The first-order valence-electron chi connectivity index (χ1n) is 4.84. The molecule has 0 aromatic heterocycles. The summed E-state index contributed by atoms with van der Waals surface area (Å²) in [6, 6.07) is 0. The van der Waals surface area contributed by atoms with Crippen LogP contribution in [0.15, 0.2) is 12.2 Å². The summed E-state index contributed by atoms with van der Waals surface area (Å²) in [5.74, 6) is -1.48. The fourth-order valence-corrected chi connectivity index (χ4v) is 1.62. The molecule has 1 aliphatic rings. The van der Waals surface area contributed by atoms with E-state index in [1.165, 1.54) is 4.90 Å². The molecule has 0 aromatic carbocycles. The van der Waals surface area contributed by atoms with E-state index < -0.39 is 5.97 Å². The summed E-state index contributed by atoms with van der Waals surface area (Å²) in [5, 5.41) is 8.39. The molecule has 2 atom stereocenters. The van der Waals surface area contributed by atoms with Crippen LogP contribution in [0.4, 0.5) is 0 Å². The molecular formula is C10H15NO5. The van der Waals surface area contributed by atoms with E-state index >= 15 is 0 Å². The molecule has 16 heavy (non-hydrogen) atoms. The molecule has 1 amide bonds. The molecule has 6 heteroatoms. The van der Waals surface area contributed by atoms with E-state index in [0.29, 0.717) is 13.1 Å². The molecule has 1 aliphatic heterocycles. The van der Waals surface area contributed by atoms with Crippen LogP contribution in [-0.2, 0) is 19.1 Å². The lowest BCUT2D eigenvalue weighted by Crippen LogP contribution is -2.28. The number of carbonyl (C=O) groups is 2. The van der Waals surface area contributed by atoms with E-state index in [9.17, 15) is 9.59 Å². The standard InChI is InChI=1S/C10H15NO5/c1-15-7-5-11(6-8(7)16-2)9(12)3-4-10(13)14/h3-4,7-8H,5-6H2,1-2H3,(H,13,14)/b4-3+/t7-,8-/m0/s1. The molecule has 0 aromatic rings. The van der Waals surface area contributed by atoms with Crippen molar-refractivity contribution in [3.63, 3.8) is 0 Å². The maximum atomic E-state index is 11.5. The van der Waals surface area contributed by atoms with E-state index in [0.717, 1.165) is 12.2 Å². The van der Waals surface area contributed by atoms with Crippen LogP contribution in [0.1, 0.15) is 0 Å². The van der Waals surface area contributed by atoms with Crippen LogP contribution in [-0.4, -0.2) is 61.4 Å². The minimum absolute atomic E-state index is 0.160. The topological polar surface area (TPSA) is 76.1 Å². The van der Waals surface area contributed by atoms with Crippen molar-refractivity contribution in [3.05, 3.63) is 12.2 Å². The van der Waals surface area contributed by atoms with Crippen LogP contribution in [0.5, 0.6) is 0 Å². The normalized spacial score (nSPS) is 25.2. The van der Waals surface area contributed by atoms with Gasteiger partial charge in [-0.25, -0.2) is 4.79 Å². The van der Waals surface area contributed by atoms with Gasteiger partial charge in [0.05, 0.1) is 0 Å². The van der Waals surface area contributed by atoms with Crippen molar-refractivity contribution in [2.45, 2.75) is 12.2 Å². The minimum atomic E-state index is -1.14. The predicted octanol–water partition coefficient (Wildman–Crippen LogP) is -0.501. The highest BCUT2D eigenvalue weighted by atomic mass is 16.5. The number of carboxylic acid groups (broad SMARTS) is 1. The summed E-state index contributed by atoms with van der Waals surface area (Å²) in [6.07, 6.45) is 1.54. The van der Waals surface area contributed by atoms with Crippen LogP contribution < -0.4 is 0 Å². The Morgan fingerprint density at radius 3 is 2.06 bits per heavy atom. The Balaban J connectivity index is 2.57.